The lowest BCUT2D eigenvalue weighted by Crippen LogP contribution is -2.10. The molecule has 3 rings (SSSR count). The van der Waals surface area contributed by atoms with Gasteiger partial charge >= 0.3 is 0 Å². The number of hydrogen-bond donors (Lipinski definition) is 1. The number of fused-ring (bicyclic) bond motifs is 1. The van der Waals surface area contributed by atoms with Gasteiger partial charge in [0.25, 0.3) is 5.56 Å². The Hall–Kier alpha value is -1.56. The fourth-order valence-corrected chi connectivity index (χ4v) is 2.71. The average molecular weight is 338 g/mol. The summed E-state index contributed by atoms with van der Waals surface area (Å²) < 4.78 is 0. The zero-order chi connectivity index (χ0) is 15.0. The lowest BCUT2D eigenvalue weighted by atomic mass is 10.1. The zero-order valence-corrected chi connectivity index (χ0v) is 13.2. The van der Waals surface area contributed by atoms with Crippen molar-refractivity contribution < 1.29 is 0 Å². The van der Waals surface area contributed by atoms with Crippen molar-refractivity contribution in [1.29, 1.82) is 0 Å². The maximum Gasteiger partial charge on any atom is 0.257 e. The quantitative estimate of drug-likeness (QED) is 0.566. The molecule has 3 aromatic rings. The Balaban J connectivity index is 2.26. The Morgan fingerprint density at radius 3 is 2.76 bits per heavy atom. The van der Waals surface area contributed by atoms with Gasteiger partial charge in [-0.3, -0.25) is 4.79 Å². The molecule has 0 bridgehead atoms. The molecular formula is C14H9Cl2N3OS. The van der Waals surface area contributed by atoms with E-state index in [1.165, 1.54) is 11.8 Å². The van der Waals surface area contributed by atoms with E-state index in [2.05, 4.69) is 15.0 Å². The van der Waals surface area contributed by atoms with Gasteiger partial charge in [0, 0.05) is 32.8 Å². The molecule has 1 aromatic carbocycles. The van der Waals surface area contributed by atoms with Crippen molar-refractivity contribution in [1.82, 2.24) is 15.0 Å². The minimum absolute atomic E-state index is 0.266. The number of H-pyrrole nitrogens is 1. The summed E-state index contributed by atoms with van der Waals surface area (Å²) in [5.74, 6) is 0. The van der Waals surface area contributed by atoms with E-state index in [4.69, 9.17) is 23.2 Å². The fraction of sp³-hybridized carbons (Fsp3) is 0.0714. The molecule has 21 heavy (non-hydrogen) atoms. The van der Waals surface area contributed by atoms with E-state index >= 15 is 0 Å². The molecule has 0 spiro atoms. The van der Waals surface area contributed by atoms with E-state index in [0.29, 0.717) is 32.0 Å². The van der Waals surface area contributed by atoms with Crippen LogP contribution in [0, 0.1) is 0 Å². The third-order valence-corrected chi connectivity index (χ3v) is 4.10. The number of aromatic amines is 1. The number of rotatable bonds is 2. The molecule has 4 nitrogen and oxygen atoms in total. The average Bonchev–Trinajstić information content (AvgIpc) is 2.48. The van der Waals surface area contributed by atoms with Gasteiger partial charge in [-0.1, -0.05) is 35.0 Å². The van der Waals surface area contributed by atoms with Crippen LogP contribution in [0.15, 0.2) is 40.4 Å². The minimum Gasteiger partial charge on any atom is -0.306 e. The minimum atomic E-state index is -0.266. The number of thioether (sulfide) groups is 1. The monoisotopic (exact) mass is 337 g/mol. The molecule has 2 aromatic heterocycles. The molecule has 0 aliphatic carbocycles. The fourth-order valence-electron chi connectivity index (χ4n) is 1.98. The molecule has 0 saturated heterocycles. The number of nitrogens with zero attached hydrogens (tertiary/aromatic N) is 2. The van der Waals surface area contributed by atoms with Crippen LogP contribution >= 0.6 is 35.0 Å². The van der Waals surface area contributed by atoms with Crippen LogP contribution in [0.3, 0.4) is 0 Å². The first-order valence-corrected chi connectivity index (χ1v) is 7.96. The van der Waals surface area contributed by atoms with E-state index < -0.39 is 0 Å². The van der Waals surface area contributed by atoms with Crippen molar-refractivity contribution >= 4 is 46.0 Å². The lowest BCUT2D eigenvalue weighted by molar-refractivity contribution is 0.988. The smallest absolute Gasteiger partial charge is 0.257 e. The second kappa shape index (κ2) is 5.67. The molecule has 2 heterocycles. The molecule has 106 valence electrons. The largest absolute Gasteiger partial charge is 0.306 e. The van der Waals surface area contributed by atoms with E-state index in [0.717, 1.165) is 5.39 Å². The molecule has 0 saturated carbocycles. The second-order valence-corrected chi connectivity index (χ2v) is 5.91. The first-order chi connectivity index (χ1) is 10.1. The molecule has 0 atom stereocenters. The van der Waals surface area contributed by atoms with Crippen LogP contribution in [0.1, 0.15) is 0 Å². The van der Waals surface area contributed by atoms with Crippen LogP contribution in [0.5, 0.6) is 0 Å². The SMILES string of the molecule is CSc1ncc2cc(-c3cc(Cl)ccc3Cl)c(=O)[nH]c2n1. The number of pyridine rings is 1. The Bertz CT molecular complexity index is 895. The van der Waals surface area contributed by atoms with Crippen LogP contribution in [-0.2, 0) is 0 Å². The maximum atomic E-state index is 12.3. The first-order valence-electron chi connectivity index (χ1n) is 5.98. The summed E-state index contributed by atoms with van der Waals surface area (Å²) in [6.45, 7) is 0. The van der Waals surface area contributed by atoms with E-state index in [1.54, 1.807) is 30.5 Å². The highest BCUT2D eigenvalue weighted by Crippen LogP contribution is 2.29. The van der Waals surface area contributed by atoms with Crippen LogP contribution < -0.4 is 5.56 Å². The zero-order valence-electron chi connectivity index (χ0n) is 10.9. The Labute approximate surface area is 134 Å². The van der Waals surface area contributed by atoms with Crippen molar-refractivity contribution in [2.75, 3.05) is 6.26 Å². The van der Waals surface area contributed by atoms with Crippen molar-refractivity contribution in [2.45, 2.75) is 5.16 Å². The molecule has 0 amide bonds. The van der Waals surface area contributed by atoms with Crippen molar-refractivity contribution in [3.8, 4) is 11.1 Å². The summed E-state index contributed by atoms with van der Waals surface area (Å²) in [6, 6.07) is 6.72. The van der Waals surface area contributed by atoms with Crippen LogP contribution in [0.4, 0.5) is 0 Å². The van der Waals surface area contributed by atoms with Gasteiger partial charge < -0.3 is 4.98 Å². The van der Waals surface area contributed by atoms with E-state index in [9.17, 15) is 4.79 Å². The molecule has 0 fully saturated rings. The number of aromatic nitrogens is 3. The summed E-state index contributed by atoms with van der Waals surface area (Å²) in [7, 11) is 0. The lowest BCUT2D eigenvalue weighted by Gasteiger charge is -2.06. The van der Waals surface area contributed by atoms with Crippen molar-refractivity contribution in [2.24, 2.45) is 0 Å². The van der Waals surface area contributed by atoms with Crippen LogP contribution in [-0.4, -0.2) is 21.2 Å². The number of benzene rings is 1. The molecule has 0 aliphatic rings. The highest BCUT2D eigenvalue weighted by Gasteiger charge is 2.11. The number of hydrogen-bond acceptors (Lipinski definition) is 4. The van der Waals surface area contributed by atoms with Gasteiger partial charge in [-0.05, 0) is 30.5 Å². The maximum absolute atomic E-state index is 12.3. The number of nitrogens with one attached hydrogen (secondary N) is 1. The summed E-state index contributed by atoms with van der Waals surface area (Å²) >= 11 is 13.5. The predicted octanol–water partition coefficient (Wildman–Crippen LogP) is 4.01. The molecule has 0 aliphatic heterocycles. The third-order valence-electron chi connectivity index (χ3n) is 2.97. The Kier molecular flexibility index (Phi) is 3.89. The van der Waals surface area contributed by atoms with Gasteiger partial charge in [0.2, 0.25) is 0 Å². The van der Waals surface area contributed by atoms with Gasteiger partial charge in [-0.25, -0.2) is 9.97 Å². The summed E-state index contributed by atoms with van der Waals surface area (Å²) in [4.78, 5) is 23.5. The molecular weight excluding hydrogens is 329 g/mol. The summed E-state index contributed by atoms with van der Waals surface area (Å²) in [6.07, 6.45) is 3.55. The Morgan fingerprint density at radius 1 is 1.19 bits per heavy atom. The normalized spacial score (nSPS) is 11.0. The predicted molar refractivity (Wildman–Crippen MR) is 87.4 cm³/mol. The second-order valence-electron chi connectivity index (χ2n) is 4.30. The standard InChI is InChI=1S/C14H9Cl2N3OS/c1-21-14-17-6-7-4-10(13(20)18-12(7)19-14)9-5-8(15)2-3-11(9)16/h2-6H,1H3,(H,17,18,19,20). The van der Waals surface area contributed by atoms with Gasteiger partial charge in [-0.2, -0.15) is 0 Å². The highest BCUT2D eigenvalue weighted by atomic mass is 35.5. The third kappa shape index (κ3) is 2.77. The van der Waals surface area contributed by atoms with Gasteiger partial charge in [0.1, 0.15) is 5.65 Å². The van der Waals surface area contributed by atoms with Crippen molar-refractivity contribution in [3.05, 3.63) is 50.9 Å². The van der Waals surface area contributed by atoms with Gasteiger partial charge in [0.15, 0.2) is 5.16 Å². The molecule has 0 unspecified atom stereocenters. The first kappa shape index (κ1) is 14.4. The van der Waals surface area contributed by atoms with Crippen molar-refractivity contribution in [3.63, 3.8) is 0 Å². The molecule has 1 N–H and O–H groups in total. The van der Waals surface area contributed by atoms with E-state index in [1.807, 2.05) is 6.26 Å². The topological polar surface area (TPSA) is 58.6 Å². The van der Waals surface area contributed by atoms with Gasteiger partial charge in [-0.15, -0.1) is 0 Å². The Morgan fingerprint density at radius 2 is 2.00 bits per heavy atom. The van der Waals surface area contributed by atoms with Crippen LogP contribution in [0.2, 0.25) is 10.0 Å². The summed E-state index contributed by atoms with van der Waals surface area (Å²) in [5, 5.41) is 2.32. The molecule has 0 radical (unpaired) electrons. The van der Waals surface area contributed by atoms with E-state index in [-0.39, 0.29) is 5.56 Å². The highest BCUT2D eigenvalue weighted by molar-refractivity contribution is 7.98. The number of halogens is 2. The summed E-state index contributed by atoms with van der Waals surface area (Å²) in [5.41, 5.74) is 1.26. The van der Waals surface area contributed by atoms with Crippen LogP contribution in [0.25, 0.3) is 22.2 Å². The van der Waals surface area contributed by atoms with Gasteiger partial charge in [0.05, 0.1) is 0 Å². The molecule has 7 heteroatoms.